The Labute approximate surface area is 77.6 Å². The van der Waals surface area contributed by atoms with Crippen LogP contribution in [0.25, 0.3) is 0 Å². The highest BCUT2D eigenvalue weighted by Crippen LogP contribution is 2.03. The van der Waals surface area contributed by atoms with E-state index in [4.69, 9.17) is 0 Å². The van der Waals surface area contributed by atoms with Gasteiger partial charge in [0.1, 0.15) is 5.78 Å². The minimum absolute atomic E-state index is 0.126. The van der Waals surface area contributed by atoms with Crippen LogP contribution in [0.1, 0.15) is 12.5 Å². The first-order valence-corrected chi connectivity index (χ1v) is 4.07. The third-order valence-corrected chi connectivity index (χ3v) is 1.54. The number of carbonyl (C=O) groups is 1. The molecule has 1 heterocycles. The largest absolute Gasteiger partial charge is 0.347 e. The van der Waals surface area contributed by atoms with Crippen molar-refractivity contribution in [3.8, 4) is 0 Å². The summed E-state index contributed by atoms with van der Waals surface area (Å²) in [7, 11) is 3.75. The molecule has 0 amide bonds. The van der Waals surface area contributed by atoms with E-state index in [1.165, 1.54) is 0 Å². The SMILES string of the molecule is CC(=O)Cc1cnc(N(C)C)nc1. The van der Waals surface area contributed by atoms with Crippen molar-refractivity contribution in [1.29, 1.82) is 0 Å². The van der Waals surface area contributed by atoms with Crippen molar-refractivity contribution in [2.75, 3.05) is 19.0 Å². The van der Waals surface area contributed by atoms with Crippen LogP contribution < -0.4 is 4.90 Å². The Kier molecular flexibility index (Phi) is 2.95. The number of hydrogen-bond acceptors (Lipinski definition) is 4. The van der Waals surface area contributed by atoms with E-state index in [1.54, 1.807) is 19.3 Å². The van der Waals surface area contributed by atoms with Gasteiger partial charge in [0.15, 0.2) is 0 Å². The van der Waals surface area contributed by atoms with Crippen molar-refractivity contribution >= 4 is 11.7 Å². The molecule has 0 saturated carbocycles. The second-order valence-corrected chi connectivity index (χ2v) is 3.16. The molecule has 0 aliphatic rings. The Hall–Kier alpha value is -1.45. The highest BCUT2D eigenvalue weighted by Gasteiger charge is 2.00. The summed E-state index contributed by atoms with van der Waals surface area (Å²) in [5.74, 6) is 0.786. The fraction of sp³-hybridized carbons (Fsp3) is 0.444. The first kappa shape index (κ1) is 9.64. The third-order valence-electron chi connectivity index (χ3n) is 1.54. The molecule has 0 radical (unpaired) electrons. The summed E-state index contributed by atoms with van der Waals surface area (Å²) in [4.78, 5) is 20.8. The molecule has 70 valence electrons. The lowest BCUT2D eigenvalue weighted by atomic mass is 10.2. The van der Waals surface area contributed by atoms with Gasteiger partial charge in [0.25, 0.3) is 0 Å². The summed E-state index contributed by atoms with van der Waals surface area (Å²) < 4.78 is 0. The van der Waals surface area contributed by atoms with E-state index in [2.05, 4.69) is 9.97 Å². The zero-order valence-electron chi connectivity index (χ0n) is 8.11. The van der Waals surface area contributed by atoms with Crippen LogP contribution in [-0.2, 0) is 11.2 Å². The maximum Gasteiger partial charge on any atom is 0.224 e. The van der Waals surface area contributed by atoms with Crippen LogP contribution in [-0.4, -0.2) is 29.8 Å². The van der Waals surface area contributed by atoms with Crippen molar-refractivity contribution in [2.24, 2.45) is 0 Å². The van der Waals surface area contributed by atoms with Crippen molar-refractivity contribution in [3.05, 3.63) is 18.0 Å². The lowest BCUT2D eigenvalue weighted by molar-refractivity contribution is -0.116. The van der Waals surface area contributed by atoms with Crippen LogP contribution in [0.2, 0.25) is 0 Å². The van der Waals surface area contributed by atoms with Gasteiger partial charge in [-0.1, -0.05) is 0 Å². The molecule has 1 aromatic rings. The van der Waals surface area contributed by atoms with Crippen LogP contribution in [0.5, 0.6) is 0 Å². The zero-order valence-corrected chi connectivity index (χ0v) is 8.11. The predicted molar refractivity (Wildman–Crippen MR) is 50.7 cm³/mol. The average molecular weight is 179 g/mol. The fourth-order valence-electron chi connectivity index (χ4n) is 0.958. The van der Waals surface area contributed by atoms with Gasteiger partial charge in [0.2, 0.25) is 5.95 Å². The normalized spacial score (nSPS) is 9.77. The molecular weight excluding hydrogens is 166 g/mol. The van der Waals surface area contributed by atoms with E-state index in [9.17, 15) is 4.79 Å². The molecule has 0 bridgehead atoms. The van der Waals surface area contributed by atoms with E-state index in [0.29, 0.717) is 12.4 Å². The second kappa shape index (κ2) is 3.98. The molecule has 1 rings (SSSR count). The maximum absolute atomic E-state index is 10.8. The van der Waals surface area contributed by atoms with Crippen molar-refractivity contribution < 1.29 is 4.79 Å². The zero-order chi connectivity index (χ0) is 9.84. The lowest BCUT2D eigenvalue weighted by Gasteiger charge is -2.08. The number of nitrogens with zero attached hydrogens (tertiary/aromatic N) is 3. The molecule has 0 unspecified atom stereocenters. The predicted octanol–water partition coefficient (Wildman–Crippen LogP) is 0.674. The van der Waals surface area contributed by atoms with E-state index in [0.717, 1.165) is 5.56 Å². The monoisotopic (exact) mass is 179 g/mol. The number of anilines is 1. The molecule has 4 nitrogen and oxygen atoms in total. The van der Waals surface area contributed by atoms with E-state index in [-0.39, 0.29) is 5.78 Å². The van der Waals surface area contributed by atoms with Gasteiger partial charge in [0, 0.05) is 32.9 Å². The van der Waals surface area contributed by atoms with Gasteiger partial charge in [-0.2, -0.15) is 0 Å². The molecule has 0 aliphatic carbocycles. The molecule has 0 spiro atoms. The van der Waals surface area contributed by atoms with Gasteiger partial charge in [-0.15, -0.1) is 0 Å². The summed E-state index contributed by atoms with van der Waals surface area (Å²) in [6.07, 6.45) is 3.78. The molecule has 0 saturated heterocycles. The van der Waals surface area contributed by atoms with Crippen molar-refractivity contribution in [2.45, 2.75) is 13.3 Å². The van der Waals surface area contributed by atoms with Gasteiger partial charge >= 0.3 is 0 Å². The highest BCUT2D eigenvalue weighted by atomic mass is 16.1. The molecule has 13 heavy (non-hydrogen) atoms. The van der Waals surface area contributed by atoms with Crippen LogP contribution in [0.15, 0.2) is 12.4 Å². The summed E-state index contributed by atoms with van der Waals surface area (Å²) in [5.41, 5.74) is 0.859. The van der Waals surface area contributed by atoms with Gasteiger partial charge in [-0.05, 0) is 12.5 Å². The second-order valence-electron chi connectivity index (χ2n) is 3.16. The lowest BCUT2D eigenvalue weighted by Crippen LogP contribution is -2.12. The third kappa shape index (κ3) is 2.82. The maximum atomic E-state index is 10.8. The van der Waals surface area contributed by atoms with Crippen LogP contribution in [0, 0.1) is 0 Å². The standard InChI is InChI=1S/C9H13N3O/c1-7(13)4-8-5-10-9(11-6-8)12(2)3/h5-6H,4H2,1-3H3. The molecule has 1 aromatic heterocycles. The van der Waals surface area contributed by atoms with E-state index >= 15 is 0 Å². The smallest absolute Gasteiger partial charge is 0.224 e. The molecule has 0 aromatic carbocycles. The minimum Gasteiger partial charge on any atom is -0.347 e. The molecule has 0 aliphatic heterocycles. The van der Waals surface area contributed by atoms with Gasteiger partial charge < -0.3 is 4.90 Å². The average Bonchev–Trinajstić information content (AvgIpc) is 2.04. The first-order valence-electron chi connectivity index (χ1n) is 4.07. The fourth-order valence-corrected chi connectivity index (χ4v) is 0.958. The topological polar surface area (TPSA) is 46.1 Å². The Morgan fingerprint density at radius 3 is 2.31 bits per heavy atom. The Balaban J connectivity index is 2.75. The summed E-state index contributed by atoms with van der Waals surface area (Å²) in [5, 5.41) is 0. The molecule has 4 heteroatoms. The molecule has 0 fully saturated rings. The summed E-state index contributed by atoms with van der Waals surface area (Å²) in [6, 6.07) is 0. The Morgan fingerprint density at radius 1 is 1.38 bits per heavy atom. The Bertz CT molecular complexity index is 292. The highest BCUT2D eigenvalue weighted by molar-refractivity contribution is 5.77. The quantitative estimate of drug-likeness (QED) is 0.684. The molecular formula is C9H13N3O. The number of Topliss-reactive ketones (excluding diaryl/α,β-unsaturated/α-hetero) is 1. The first-order chi connectivity index (χ1) is 6.09. The molecule has 0 N–H and O–H groups in total. The minimum atomic E-state index is 0.126. The summed E-state index contributed by atoms with van der Waals surface area (Å²) in [6.45, 7) is 1.56. The van der Waals surface area contributed by atoms with Gasteiger partial charge in [-0.3, -0.25) is 4.79 Å². The Morgan fingerprint density at radius 2 is 1.92 bits per heavy atom. The number of hydrogen-bond donors (Lipinski definition) is 0. The van der Waals surface area contributed by atoms with Crippen LogP contribution in [0.4, 0.5) is 5.95 Å². The molecule has 0 atom stereocenters. The number of aromatic nitrogens is 2. The van der Waals surface area contributed by atoms with Gasteiger partial charge in [0.05, 0.1) is 0 Å². The number of ketones is 1. The van der Waals surface area contributed by atoms with Crippen molar-refractivity contribution in [3.63, 3.8) is 0 Å². The van der Waals surface area contributed by atoms with E-state index < -0.39 is 0 Å². The van der Waals surface area contributed by atoms with E-state index in [1.807, 2.05) is 19.0 Å². The van der Waals surface area contributed by atoms with Crippen LogP contribution in [0.3, 0.4) is 0 Å². The van der Waals surface area contributed by atoms with Crippen molar-refractivity contribution in [1.82, 2.24) is 9.97 Å². The number of rotatable bonds is 3. The van der Waals surface area contributed by atoms with Gasteiger partial charge in [-0.25, -0.2) is 9.97 Å². The number of carbonyl (C=O) groups excluding carboxylic acids is 1. The summed E-state index contributed by atoms with van der Waals surface area (Å²) >= 11 is 0. The van der Waals surface area contributed by atoms with Crippen LogP contribution >= 0.6 is 0 Å².